The zero-order valence-electron chi connectivity index (χ0n) is 8.41. The molecule has 1 fully saturated rings. The van der Waals surface area contributed by atoms with Crippen molar-refractivity contribution in [1.82, 2.24) is 4.98 Å². The fourth-order valence-corrected chi connectivity index (χ4v) is 1.24. The van der Waals surface area contributed by atoms with Crippen LogP contribution in [0.1, 0.15) is 12.8 Å². The summed E-state index contributed by atoms with van der Waals surface area (Å²) in [7, 11) is 3.45. The third kappa shape index (κ3) is 1.73. The summed E-state index contributed by atoms with van der Waals surface area (Å²) >= 11 is 0. The van der Waals surface area contributed by atoms with Gasteiger partial charge >= 0.3 is 0 Å². The van der Waals surface area contributed by atoms with Crippen LogP contribution < -0.4 is 14.8 Å². The van der Waals surface area contributed by atoms with Gasteiger partial charge in [0.15, 0.2) is 0 Å². The maximum Gasteiger partial charge on any atom is 0.258 e. The Kier molecular flexibility index (Phi) is 2.43. The van der Waals surface area contributed by atoms with Crippen molar-refractivity contribution >= 4 is 5.69 Å². The van der Waals surface area contributed by atoms with Gasteiger partial charge in [0.1, 0.15) is 0 Å². The van der Waals surface area contributed by atoms with Crippen LogP contribution >= 0.6 is 0 Å². The predicted octanol–water partition coefficient (Wildman–Crippen LogP) is 1.67. The van der Waals surface area contributed by atoms with Gasteiger partial charge in [0.05, 0.1) is 18.9 Å². The molecule has 1 aliphatic carbocycles. The van der Waals surface area contributed by atoms with Gasteiger partial charge in [-0.1, -0.05) is 0 Å². The van der Waals surface area contributed by atoms with Crippen molar-refractivity contribution in [3.63, 3.8) is 0 Å². The van der Waals surface area contributed by atoms with Crippen molar-refractivity contribution in [3.8, 4) is 11.6 Å². The van der Waals surface area contributed by atoms with Gasteiger partial charge in [0.25, 0.3) is 5.88 Å². The average molecular weight is 194 g/mol. The van der Waals surface area contributed by atoms with E-state index in [1.165, 1.54) is 0 Å². The van der Waals surface area contributed by atoms with Crippen LogP contribution in [0.2, 0.25) is 0 Å². The minimum absolute atomic E-state index is 0.347. The summed E-state index contributed by atoms with van der Waals surface area (Å²) in [4.78, 5) is 4.10. The highest BCUT2D eigenvalue weighted by atomic mass is 16.5. The number of hydrogen-bond donors (Lipinski definition) is 1. The molecule has 0 unspecified atom stereocenters. The molecule has 0 aromatic carbocycles. The first kappa shape index (κ1) is 9.12. The first-order valence-electron chi connectivity index (χ1n) is 4.72. The standard InChI is InChI=1S/C10H14N2O2/c1-11-8-5-6-12-10(13-2)9(8)14-7-3-4-7/h5-7H,3-4H2,1-2H3,(H,11,12). The van der Waals surface area contributed by atoms with Crippen LogP contribution in [0.4, 0.5) is 5.69 Å². The first-order chi connectivity index (χ1) is 6.85. The number of anilines is 1. The second kappa shape index (κ2) is 3.74. The average Bonchev–Trinajstić information content (AvgIpc) is 3.02. The topological polar surface area (TPSA) is 43.4 Å². The van der Waals surface area contributed by atoms with Crippen molar-refractivity contribution in [2.45, 2.75) is 18.9 Å². The van der Waals surface area contributed by atoms with Gasteiger partial charge in [0, 0.05) is 13.2 Å². The monoisotopic (exact) mass is 194 g/mol. The SMILES string of the molecule is CNc1ccnc(OC)c1OC1CC1. The van der Waals surface area contributed by atoms with E-state index in [2.05, 4.69) is 10.3 Å². The molecular formula is C10H14N2O2. The van der Waals surface area contributed by atoms with Crippen LogP contribution in [-0.4, -0.2) is 25.2 Å². The Morgan fingerprint density at radius 3 is 2.86 bits per heavy atom. The predicted molar refractivity (Wildman–Crippen MR) is 54.0 cm³/mol. The molecule has 1 saturated carbocycles. The van der Waals surface area contributed by atoms with Crippen molar-refractivity contribution < 1.29 is 9.47 Å². The molecule has 4 nitrogen and oxygen atoms in total. The van der Waals surface area contributed by atoms with Crippen molar-refractivity contribution in [2.75, 3.05) is 19.5 Å². The highest BCUT2D eigenvalue weighted by Gasteiger charge is 2.26. The zero-order valence-corrected chi connectivity index (χ0v) is 8.41. The van der Waals surface area contributed by atoms with E-state index in [0.29, 0.717) is 12.0 Å². The summed E-state index contributed by atoms with van der Waals surface area (Å²) < 4.78 is 10.9. The molecule has 4 heteroatoms. The molecule has 0 radical (unpaired) electrons. The van der Waals surface area contributed by atoms with Gasteiger partial charge in [-0.25, -0.2) is 4.98 Å². The molecule has 1 heterocycles. The summed E-state index contributed by atoms with van der Waals surface area (Å²) in [6.07, 6.45) is 4.30. The summed E-state index contributed by atoms with van der Waals surface area (Å²) in [5, 5.41) is 3.06. The van der Waals surface area contributed by atoms with Crippen LogP contribution in [-0.2, 0) is 0 Å². The maximum absolute atomic E-state index is 5.72. The molecule has 0 saturated heterocycles. The highest BCUT2D eigenvalue weighted by Crippen LogP contribution is 2.37. The van der Waals surface area contributed by atoms with E-state index in [4.69, 9.17) is 9.47 Å². The third-order valence-corrected chi connectivity index (χ3v) is 2.14. The third-order valence-electron chi connectivity index (χ3n) is 2.14. The normalized spacial score (nSPS) is 15.0. The molecule has 0 amide bonds. The lowest BCUT2D eigenvalue weighted by atomic mass is 10.3. The number of nitrogens with one attached hydrogen (secondary N) is 1. The lowest BCUT2D eigenvalue weighted by molar-refractivity contribution is 0.278. The Bertz CT molecular complexity index is 302. The van der Waals surface area contributed by atoms with Gasteiger partial charge in [-0.05, 0) is 18.9 Å². The molecule has 0 atom stereocenters. The van der Waals surface area contributed by atoms with Crippen LogP contribution in [0.15, 0.2) is 12.3 Å². The molecular weight excluding hydrogens is 180 g/mol. The minimum atomic E-state index is 0.347. The van der Waals surface area contributed by atoms with E-state index in [1.807, 2.05) is 13.1 Å². The van der Waals surface area contributed by atoms with Crippen molar-refractivity contribution in [2.24, 2.45) is 0 Å². The molecule has 1 aromatic heterocycles. The summed E-state index contributed by atoms with van der Waals surface area (Å²) in [5.41, 5.74) is 0.920. The number of hydrogen-bond acceptors (Lipinski definition) is 4. The number of aromatic nitrogens is 1. The van der Waals surface area contributed by atoms with E-state index in [1.54, 1.807) is 13.3 Å². The largest absolute Gasteiger partial charge is 0.483 e. The fourth-order valence-electron chi connectivity index (χ4n) is 1.24. The van der Waals surface area contributed by atoms with Crippen LogP contribution in [0.25, 0.3) is 0 Å². The van der Waals surface area contributed by atoms with Gasteiger partial charge in [-0.15, -0.1) is 0 Å². The second-order valence-corrected chi connectivity index (χ2v) is 3.26. The van der Waals surface area contributed by atoms with Gasteiger partial charge in [-0.2, -0.15) is 0 Å². The number of methoxy groups -OCH3 is 1. The summed E-state index contributed by atoms with van der Waals surface area (Å²) in [6, 6.07) is 1.88. The molecule has 2 rings (SSSR count). The van der Waals surface area contributed by atoms with Gasteiger partial charge in [-0.3, -0.25) is 0 Å². The fraction of sp³-hybridized carbons (Fsp3) is 0.500. The number of rotatable bonds is 4. The molecule has 0 spiro atoms. The van der Waals surface area contributed by atoms with Crippen molar-refractivity contribution in [1.29, 1.82) is 0 Å². The number of nitrogens with zero attached hydrogens (tertiary/aromatic N) is 1. The minimum Gasteiger partial charge on any atom is -0.483 e. The molecule has 14 heavy (non-hydrogen) atoms. The smallest absolute Gasteiger partial charge is 0.258 e. The maximum atomic E-state index is 5.72. The van der Waals surface area contributed by atoms with Crippen LogP contribution in [0.5, 0.6) is 11.6 Å². The highest BCUT2D eigenvalue weighted by molar-refractivity contribution is 5.60. The Labute approximate surface area is 83.2 Å². The number of pyridine rings is 1. The van der Waals surface area contributed by atoms with Crippen molar-refractivity contribution in [3.05, 3.63) is 12.3 Å². The summed E-state index contributed by atoms with van der Waals surface area (Å²) in [5.74, 6) is 1.27. The van der Waals surface area contributed by atoms with E-state index in [-0.39, 0.29) is 0 Å². The molecule has 1 aromatic rings. The lowest BCUT2D eigenvalue weighted by Crippen LogP contribution is -2.03. The Morgan fingerprint density at radius 2 is 2.29 bits per heavy atom. The molecule has 0 bridgehead atoms. The van der Waals surface area contributed by atoms with Gasteiger partial charge < -0.3 is 14.8 Å². The summed E-state index contributed by atoms with van der Waals surface area (Å²) in [6.45, 7) is 0. The van der Waals surface area contributed by atoms with E-state index < -0.39 is 0 Å². The molecule has 0 aliphatic heterocycles. The Morgan fingerprint density at radius 1 is 1.50 bits per heavy atom. The first-order valence-corrected chi connectivity index (χ1v) is 4.72. The van der Waals surface area contributed by atoms with Gasteiger partial charge in [0.2, 0.25) is 5.75 Å². The number of ether oxygens (including phenoxy) is 2. The van der Waals surface area contributed by atoms with E-state index in [0.717, 1.165) is 24.3 Å². The Hall–Kier alpha value is -1.45. The second-order valence-electron chi connectivity index (χ2n) is 3.26. The molecule has 1 N–H and O–H groups in total. The van der Waals surface area contributed by atoms with Crippen LogP contribution in [0.3, 0.4) is 0 Å². The molecule has 76 valence electrons. The van der Waals surface area contributed by atoms with Crippen LogP contribution in [0, 0.1) is 0 Å². The lowest BCUT2D eigenvalue weighted by Gasteiger charge is -2.12. The van der Waals surface area contributed by atoms with E-state index >= 15 is 0 Å². The van der Waals surface area contributed by atoms with E-state index in [9.17, 15) is 0 Å². The zero-order chi connectivity index (χ0) is 9.97. The molecule has 1 aliphatic rings. The Balaban J connectivity index is 2.29. The quantitative estimate of drug-likeness (QED) is 0.791.